The van der Waals surface area contributed by atoms with Gasteiger partial charge >= 0.3 is 18.9 Å². The van der Waals surface area contributed by atoms with Gasteiger partial charge in [-0.25, -0.2) is 4.58 Å². The van der Waals surface area contributed by atoms with Crippen LogP contribution in [-0.2, 0) is 36.1 Å². The number of thioether (sulfide) groups is 7. The fourth-order valence-electron chi connectivity index (χ4n) is 21.4. The fraction of sp³-hybridized carbons (Fsp3) is 0.267. The molecule has 14 aromatic carbocycles. The maximum Gasteiger partial charge on any atom is 1.00 e. The molecule has 14 aromatic rings. The summed E-state index contributed by atoms with van der Waals surface area (Å²) in [5, 5.41) is 27.0. The number of allylic oxidation sites excluding steroid dienone is 6. The van der Waals surface area contributed by atoms with E-state index in [0.717, 1.165) is 114 Å². The molecule has 11 aliphatic rings. The zero-order valence-corrected chi connectivity index (χ0v) is 90.1. The fourth-order valence-corrected chi connectivity index (χ4v) is 30.2. The van der Waals surface area contributed by atoms with E-state index in [1.165, 1.54) is 120 Å². The predicted molar refractivity (Wildman–Crippen MR) is 616 cm³/mol. The number of thiocarbonyl (C=S) groups is 3. The molecule has 10 aliphatic carbocycles. The Morgan fingerprint density at radius 1 is 0.440 bits per heavy atom. The smallest absolute Gasteiger partial charge is 0.384 e. The van der Waals surface area contributed by atoms with Crippen molar-refractivity contribution in [2.45, 2.75) is 123 Å². The van der Waals surface area contributed by atoms with Crippen LogP contribution in [0.2, 0.25) is 0 Å². The number of hydrogen-bond donors (Lipinski definition) is 1. The molecule has 1 unspecified atom stereocenters. The number of carbonyl (C=O) groups is 4. The molecule has 1 heterocycles. The second kappa shape index (κ2) is 43.9. The molecule has 25 rings (SSSR count). The van der Waals surface area contributed by atoms with Crippen molar-refractivity contribution in [3.63, 3.8) is 0 Å². The number of Topliss-reactive ketones (excluding diaryl/α,β-unsaturated/α-hetero) is 3. The predicted octanol–water partition coefficient (Wildman–Crippen LogP) is 27.2. The molecular weight excluding hydrogens is 1920 g/mol. The number of rotatable bonds is 15. The van der Waals surface area contributed by atoms with E-state index in [2.05, 4.69) is 273 Å². The Hall–Kier alpha value is -9.31. The molecule has 0 aromatic heterocycles. The van der Waals surface area contributed by atoms with Crippen molar-refractivity contribution in [3.05, 3.63) is 368 Å². The largest absolute Gasteiger partial charge is 1.00 e. The van der Waals surface area contributed by atoms with Gasteiger partial charge in [0.15, 0.2) is 17.3 Å². The Morgan fingerprint density at radius 3 is 1.16 bits per heavy atom. The maximum absolute atomic E-state index is 13.9. The van der Waals surface area contributed by atoms with Crippen molar-refractivity contribution in [2.75, 3.05) is 56.4 Å². The number of aldehydes is 1. The first kappa shape index (κ1) is 106. The van der Waals surface area contributed by atoms with Crippen LogP contribution < -0.4 is 18.9 Å². The third kappa shape index (κ3) is 20.0. The quantitative estimate of drug-likeness (QED) is 0.0263. The van der Waals surface area contributed by atoms with Crippen LogP contribution in [0.15, 0.2) is 353 Å². The van der Waals surface area contributed by atoms with Crippen LogP contribution in [0.1, 0.15) is 122 Å². The van der Waals surface area contributed by atoms with Gasteiger partial charge in [0.2, 0.25) is 0 Å². The van der Waals surface area contributed by atoms with Crippen molar-refractivity contribution in [3.8, 4) is 0 Å². The van der Waals surface area contributed by atoms with Gasteiger partial charge in [0, 0.05) is 112 Å². The topological polar surface area (TPSA) is 101 Å². The molecular formula is C120H119BLiN4O5S10+2. The van der Waals surface area contributed by atoms with Gasteiger partial charge in [-0.15, -0.1) is 0 Å². The second-order valence-corrected chi connectivity index (χ2v) is 49.1. The van der Waals surface area contributed by atoms with Crippen molar-refractivity contribution in [1.82, 2.24) is 14.7 Å². The standard InChI is InChI=1S/C33H31NO2S3.C33H30NOS3.C19H19NS2.C18H17NS.C16H16O2S.CH4.B.Li.H2/c1-33(2)24-18-25(33)28(35)31(38-19-12-6-5-7-13-19)27(24)29(36)26-20-14-8-10-16-22(20)30(39-32(37)34(3)4)23-17-11-9-15-21(23)26;1-32(2)27-19-28(32)29(35)30(36-20-12-6-5-7-13-20)24(27)18-23-21-14-8-10-16-25(21)33(37-31(38-33)34(3)4)26-17-11-9-15-22(23)26;1-4-13-14-9-5-7-11-16(14)18(22-19(21)20(2)3)17-12-8-6-10-15(13)17;1-19(2)18(20)12-17-15-9-5-3-7-13(15)11-14-8-4-6-10-16(14)17;1-16(2)12-8-13(16)14(18)15(11(12)9-17)19-10-6-4-3-5-7-10;;;;/h5-17,24-25,29,36H,18H2,1-4H3;5-18,27-28H,19H2,1-4H3;5-12H,4H2,1-3H3;3-11H,12H2,1-2H3;3-7,9,12-13H,8H2,1-2H3;1H4;;;1H/q;+1;;;;;;+1;/t24-,25+,29?;27-,28+;;;12-,13+;;;;/m00..0..../s1/i;;;;;;;;1+1. The summed E-state index contributed by atoms with van der Waals surface area (Å²) < 4.78 is 5.09. The average molecular weight is 2040 g/mol. The van der Waals surface area contributed by atoms with E-state index < -0.39 is 6.10 Å². The zero-order chi connectivity index (χ0) is 97.1. The number of aliphatic hydroxyl groups excluding tert-OH is 1. The van der Waals surface area contributed by atoms with Crippen LogP contribution in [0, 0.1) is 51.8 Å². The van der Waals surface area contributed by atoms with Crippen LogP contribution in [0.5, 0.6) is 0 Å². The van der Waals surface area contributed by atoms with Crippen LogP contribution in [0.25, 0.3) is 70.2 Å². The van der Waals surface area contributed by atoms with Gasteiger partial charge < -0.3 is 19.8 Å². The summed E-state index contributed by atoms with van der Waals surface area (Å²) in [5.41, 5.74) is 12.7. The van der Waals surface area contributed by atoms with Crippen LogP contribution >= 0.6 is 119 Å². The first-order valence-corrected chi connectivity index (χ1v) is 54.0. The first-order chi connectivity index (χ1) is 66.4. The number of carbonyl (C=O) groups excluding carboxylic acids is 4. The van der Waals surface area contributed by atoms with Gasteiger partial charge in [-0.1, -0.05) is 400 Å². The van der Waals surface area contributed by atoms with Crippen LogP contribution in [0.3, 0.4) is 0 Å². The molecule has 711 valence electrons. The number of aliphatic hydroxyl groups is 1. The van der Waals surface area contributed by atoms with Gasteiger partial charge in [-0.3, -0.25) is 19.2 Å². The third-order valence-electron chi connectivity index (χ3n) is 29.3. The number of benzene rings is 14. The molecule has 1 spiro atoms. The van der Waals surface area contributed by atoms with Gasteiger partial charge in [0.25, 0.3) is 4.38 Å². The molecule has 7 atom stereocenters. The van der Waals surface area contributed by atoms with Gasteiger partial charge in [-0.05, 0) is 246 Å². The van der Waals surface area contributed by atoms with Crippen molar-refractivity contribution >= 4 is 239 Å². The Labute approximate surface area is 893 Å². The second-order valence-electron chi connectivity index (χ2n) is 39.2. The minimum atomic E-state index is -0.902. The SMILES string of the molecule is C.CC1(C)[C@@H]2C[C@H]1C(C=O)=C(Sc1ccccc1)C2=O.CCc1c2ccccc2c(SC(=S)N(C)C)c2ccccc12.CN(C)C(=S)Cc1c2ccccc2cc2ccccc12.CN(C)C(=S)Sc1c2ccccc2c(C(O)C2=C(Sc3ccccc3)C(=O)[C@H]3C[C@@H]2C3(C)C)c2ccccc12.C[N+](C)=C1SC2(S1)c1ccccc1C(=CC1=C(Sc3ccccc3)C(=O)[C@H]3C[C@@H]1C3(C)C)c1ccccc12.[2HH].[B].[Li+]. The summed E-state index contributed by atoms with van der Waals surface area (Å²) in [4.78, 5) is 66.4. The van der Waals surface area contributed by atoms with E-state index in [4.69, 9.17) is 36.7 Å². The Kier molecular flexibility index (Phi) is 33.0. The van der Waals surface area contributed by atoms with Gasteiger partial charge in [0.05, 0.1) is 19.7 Å². The zero-order valence-electron chi connectivity index (χ0n) is 82.0. The normalized spacial score (nSPS) is 19.9. The molecule has 4 fully saturated rings. The van der Waals surface area contributed by atoms with Crippen LogP contribution in [0.4, 0.5) is 0 Å². The average Bonchev–Trinajstić information content (AvgIpc) is 0.701. The molecule has 1 aliphatic heterocycles. The summed E-state index contributed by atoms with van der Waals surface area (Å²) in [6.45, 7) is 15.3. The monoisotopic (exact) mass is 2030 g/mol. The van der Waals surface area contributed by atoms with E-state index in [-0.39, 0.29) is 97.6 Å². The van der Waals surface area contributed by atoms with E-state index in [1.54, 1.807) is 35.3 Å². The summed E-state index contributed by atoms with van der Waals surface area (Å²) >= 11 is 28.5. The number of aryl methyl sites for hydroxylation is 1. The minimum Gasteiger partial charge on any atom is -0.384 e. The molecule has 0 amide bonds. The summed E-state index contributed by atoms with van der Waals surface area (Å²) in [6.07, 6.45) is 6.83. The summed E-state index contributed by atoms with van der Waals surface area (Å²) in [7, 11) is 16.2. The summed E-state index contributed by atoms with van der Waals surface area (Å²) in [5.74, 6) is 1.65. The Balaban J connectivity index is 0.000000145. The molecule has 1 saturated heterocycles. The first-order valence-electron chi connectivity index (χ1n) is 47.1. The van der Waals surface area contributed by atoms with Crippen molar-refractivity contribution < 1.29 is 49.1 Å². The number of hydrogen-bond acceptors (Lipinski definition) is 15. The van der Waals surface area contributed by atoms with Crippen LogP contribution in [-0.4, -0.2) is 131 Å². The molecule has 21 heteroatoms. The molecule has 6 bridgehead atoms. The molecule has 3 saturated carbocycles. The number of ketones is 3. The van der Waals surface area contributed by atoms with E-state index in [1.807, 2.05) is 172 Å². The van der Waals surface area contributed by atoms with Crippen molar-refractivity contribution in [2.24, 2.45) is 51.8 Å². The van der Waals surface area contributed by atoms with E-state index in [9.17, 15) is 24.3 Å². The Bertz CT molecular complexity index is 7230. The van der Waals surface area contributed by atoms with Crippen molar-refractivity contribution in [1.29, 1.82) is 0 Å². The Morgan fingerprint density at radius 2 is 0.773 bits per heavy atom. The molecule has 3 radical (unpaired) electrons. The molecule has 9 nitrogen and oxygen atoms in total. The van der Waals surface area contributed by atoms with E-state index in [0.29, 0.717) is 22.2 Å². The number of nitrogens with zero attached hydrogens (tertiary/aromatic N) is 4. The summed E-state index contributed by atoms with van der Waals surface area (Å²) in [6, 6.07) is 101. The molecule has 1 N–H and O–H groups in total. The third-order valence-corrected chi connectivity index (χ3v) is 40.4. The number of likely N-dealkylation sites (N-methyl/N-ethyl adjacent to an activating group) is 1. The van der Waals surface area contributed by atoms with E-state index >= 15 is 0 Å². The van der Waals surface area contributed by atoms with Gasteiger partial charge in [-0.2, -0.15) is 0 Å². The number of fused-ring (bicyclic) bond motifs is 13. The van der Waals surface area contributed by atoms with Gasteiger partial charge in [0.1, 0.15) is 39.2 Å². The molecule has 141 heavy (non-hydrogen) atoms. The minimum absolute atomic E-state index is 0. The maximum atomic E-state index is 13.9.